The van der Waals surface area contributed by atoms with Gasteiger partial charge in [-0.05, 0) is 39.0 Å². The van der Waals surface area contributed by atoms with E-state index in [0.29, 0.717) is 18.2 Å². The van der Waals surface area contributed by atoms with Gasteiger partial charge in [0.2, 0.25) is 0 Å². The lowest BCUT2D eigenvalue weighted by Crippen LogP contribution is -2.09. The summed E-state index contributed by atoms with van der Waals surface area (Å²) in [7, 11) is 0. The first-order chi connectivity index (χ1) is 9.17. The summed E-state index contributed by atoms with van der Waals surface area (Å²) in [6, 6.07) is 8.16. The Balaban J connectivity index is 2.44. The molecule has 4 heteroatoms. The standard InChI is InChI=1S/C15H19N3O/c1-4-19-8-7-15-17-13-9-12(10-16)5-6-14(13)18(15)11(2)3/h5-6,9,11H,4,7-8H2,1-3H3. The number of nitriles is 1. The van der Waals surface area contributed by atoms with Gasteiger partial charge in [0, 0.05) is 19.1 Å². The fourth-order valence-corrected chi connectivity index (χ4v) is 2.28. The average molecular weight is 257 g/mol. The molecular weight excluding hydrogens is 238 g/mol. The van der Waals surface area contributed by atoms with Gasteiger partial charge in [-0.15, -0.1) is 0 Å². The summed E-state index contributed by atoms with van der Waals surface area (Å²) >= 11 is 0. The summed E-state index contributed by atoms with van der Waals surface area (Å²) in [4.78, 5) is 4.65. The quantitative estimate of drug-likeness (QED) is 0.773. The second kappa shape index (κ2) is 5.85. The molecule has 0 aliphatic carbocycles. The molecule has 0 N–H and O–H groups in total. The maximum absolute atomic E-state index is 8.95. The van der Waals surface area contributed by atoms with Crippen LogP contribution in [0.5, 0.6) is 0 Å². The highest BCUT2D eigenvalue weighted by molar-refractivity contribution is 5.78. The van der Waals surface area contributed by atoms with Crippen molar-refractivity contribution in [3.63, 3.8) is 0 Å². The molecule has 2 rings (SSSR count). The molecule has 100 valence electrons. The zero-order valence-electron chi connectivity index (χ0n) is 11.7. The lowest BCUT2D eigenvalue weighted by molar-refractivity contribution is 0.148. The minimum absolute atomic E-state index is 0.342. The number of rotatable bonds is 5. The van der Waals surface area contributed by atoms with E-state index in [1.807, 2.05) is 25.1 Å². The van der Waals surface area contributed by atoms with Gasteiger partial charge in [-0.3, -0.25) is 0 Å². The van der Waals surface area contributed by atoms with Crippen LogP contribution in [0, 0.1) is 11.3 Å². The largest absolute Gasteiger partial charge is 0.381 e. The van der Waals surface area contributed by atoms with Gasteiger partial charge in [-0.1, -0.05) is 0 Å². The maximum atomic E-state index is 8.95. The smallest absolute Gasteiger partial charge is 0.112 e. The molecule has 0 saturated carbocycles. The molecule has 0 amide bonds. The van der Waals surface area contributed by atoms with Crippen LogP contribution >= 0.6 is 0 Å². The van der Waals surface area contributed by atoms with Crippen molar-refractivity contribution < 1.29 is 4.74 Å². The molecule has 1 heterocycles. The fraction of sp³-hybridized carbons (Fsp3) is 0.467. The van der Waals surface area contributed by atoms with E-state index in [9.17, 15) is 0 Å². The molecule has 19 heavy (non-hydrogen) atoms. The molecule has 0 bridgehead atoms. The van der Waals surface area contributed by atoms with Gasteiger partial charge in [-0.2, -0.15) is 5.26 Å². The van der Waals surface area contributed by atoms with Gasteiger partial charge in [-0.25, -0.2) is 4.98 Å². The Bertz CT molecular complexity index is 608. The summed E-state index contributed by atoms with van der Waals surface area (Å²) in [5.74, 6) is 1.02. The van der Waals surface area contributed by atoms with E-state index < -0.39 is 0 Å². The van der Waals surface area contributed by atoms with Crippen LogP contribution in [0.25, 0.3) is 11.0 Å². The molecule has 0 fully saturated rings. The summed E-state index contributed by atoms with van der Waals surface area (Å²) < 4.78 is 7.63. The topological polar surface area (TPSA) is 50.8 Å². The highest BCUT2D eigenvalue weighted by atomic mass is 16.5. The molecule has 1 aromatic heterocycles. The fourth-order valence-electron chi connectivity index (χ4n) is 2.28. The zero-order chi connectivity index (χ0) is 13.8. The lowest BCUT2D eigenvalue weighted by Gasteiger charge is -2.13. The molecule has 4 nitrogen and oxygen atoms in total. The minimum Gasteiger partial charge on any atom is -0.381 e. The van der Waals surface area contributed by atoms with Crippen molar-refractivity contribution in [1.82, 2.24) is 9.55 Å². The van der Waals surface area contributed by atoms with Crippen LogP contribution in [0.1, 0.15) is 38.2 Å². The number of ether oxygens (including phenoxy) is 1. The predicted molar refractivity (Wildman–Crippen MR) is 75.0 cm³/mol. The third-order valence-corrected chi connectivity index (χ3v) is 3.08. The summed E-state index contributed by atoms with van der Waals surface area (Å²) in [6.07, 6.45) is 0.794. The SMILES string of the molecule is CCOCCc1nc2cc(C#N)ccc2n1C(C)C. The highest BCUT2D eigenvalue weighted by Gasteiger charge is 2.13. The zero-order valence-corrected chi connectivity index (χ0v) is 11.7. The van der Waals surface area contributed by atoms with Crippen molar-refractivity contribution >= 4 is 11.0 Å². The van der Waals surface area contributed by atoms with Crippen LogP contribution in [0.3, 0.4) is 0 Å². The second-order valence-corrected chi connectivity index (χ2v) is 4.75. The lowest BCUT2D eigenvalue weighted by atomic mass is 10.2. The summed E-state index contributed by atoms with van der Waals surface area (Å²) in [6.45, 7) is 7.68. The molecule has 2 aromatic rings. The van der Waals surface area contributed by atoms with E-state index in [0.717, 1.165) is 29.9 Å². The van der Waals surface area contributed by atoms with E-state index in [-0.39, 0.29) is 0 Å². The summed E-state index contributed by atoms with van der Waals surface area (Å²) in [5, 5.41) is 8.95. The normalized spacial score (nSPS) is 11.1. The van der Waals surface area contributed by atoms with Crippen molar-refractivity contribution in [3.8, 4) is 6.07 Å². The van der Waals surface area contributed by atoms with Crippen LogP contribution in [0.2, 0.25) is 0 Å². The van der Waals surface area contributed by atoms with Crippen molar-refractivity contribution in [2.24, 2.45) is 0 Å². The highest BCUT2D eigenvalue weighted by Crippen LogP contribution is 2.22. The Morgan fingerprint density at radius 3 is 2.84 bits per heavy atom. The third kappa shape index (κ3) is 2.77. The van der Waals surface area contributed by atoms with Crippen LogP contribution < -0.4 is 0 Å². The summed E-state index contributed by atoms with van der Waals surface area (Å²) in [5.41, 5.74) is 2.62. The number of fused-ring (bicyclic) bond motifs is 1. The van der Waals surface area contributed by atoms with Gasteiger partial charge in [0.05, 0.1) is 29.3 Å². The average Bonchev–Trinajstić information content (AvgIpc) is 2.76. The van der Waals surface area contributed by atoms with Gasteiger partial charge in [0.15, 0.2) is 0 Å². The monoisotopic (exact) mass is 257 g/mol. The van der Waals surface area contributed by atoms with Crippen LogP contribution in [0.15, 0.2) is 18.2 Å². The van der Waals surface area contributed by atoms with Crippen LogP contribution in [-0.4, -0.2) is 22.8 Å². The van der Waals surface area contributed by atoms with Crippen LogP contribution in [0.4, 0.5) is 0 Å². The molecule has 0 saturated heterocycles. The van der Waals surface area contributed by atoms with Gasteiger partial charge in [0.1, 0.15) is 5.82 Å². The second-order valence-electron chi connectivity index (χ2n) is 4.75. The number of imidazole rings is 1. The van der Waals surface area contributed by atoms with Crippen molar-refractivity contribution in [2.45, 2.75) is 33.2 Å². The molecule has 0 aliphatic heterocycles. The first-order valence-corrected chi connectivity index (χ1v) is 6.66. The van der Waals surface area contributed by atoms with E-state index >= 15 is 0 Å². The Kier molecular flexibility index (Phi) is 4.18. The number of benzene rings is 1. The Labute approximate surface area is 113 Å². The van der Waals surface area contributed by atoms with Crippen LogP contribution in [-0.2, 0) is 11.2 Å². The Hall–Kier alpha value is -1.86. The van der Waals surface area contributed by atoms with Gasteiger partial charge >= 0.3 is 0 Å². The van der Waals surface area contributed by atoms with Gasteiger partial charge in [0.25, 0.3) is 0 Å². The third-order valence-electron chi connectivity index (χ3n) is 3.08. The van der Waals surface area contributed by atoms with E-state index in [1.165, 1.54) is 0 Å². The molecule has 0 aliphatic rings. The molecule has 1 aromatic carbocycles. The molecule has 0 spiro atoms. The van der Waals surface area contributed by atoms with E-state index in [2.05, 4.69) is 29.5 Å². The number of hydrogen-bond acceptors (Lipinski definition) is 3. The minimum atomic E-state index is 0.342. The molecule has 0 atom stereocenters. The Morgan fingerprint density at radius 1 is 1.42 bits per heavy atom. The predicted octanol–water partition coefficient (Wildman–Crippen LogP) is 3.07. The Morgan fingerprint density at radius 2 is 2.21 bits per heavy atom. The number of hydrogen-bond donors (Lipinski definition) is 0. The van der Waals surface area contributed by atoms with E-state index in [4.69, 9.17) is 10.00 Å². The maximum Gasteiger partial charge on any atom is 0.112 e. The first kappa shape index (κ1) is 13.6. The number of nitrogens with zero attached hydrogens (tertiary/aromatic N) is 3. The van der Waals surface area contributed by atoms with Crippen molar-refractivity contribution in [3.05, 3.63) is 29.6 Å². The van der Waals surface area contributed by atoms with Gasteiger partial charge < -0.3 is 9.30 Å². The molecular formula is C15H19N3O. The first-order valence-electron chi connectivity index (χ1n) is 6.66. The molecule has 0 unspecified atom stereocenters. The van der Waals surface area contributed by atoms with Crippen molar-refractivity contribution in [1.29, 1.82) is 5.26 Å². The number of aromatic nitrogens is 2. The van der Waals surface area contributed by atoms with Crippen molar-refractivity contribution in [2.75, 3.05) is 13.2 Å². The van der Waals surface area contributed by atoms with E-state index in [1.54, 1.807) is 0 Å². The molecule has 0 radical (unpaired) electrons.